The standard InChI is InChI=1S/C11H13NO/c13-12-11(10-7-4-8-10)9-5-2-1-3-6-9/h1-3,5-6,10,13H,4,7-8H2/b12-11-. The van der Waals surface area contributed by atoms with E-state index >= 15 is 0 Å². The summed E-state index contributed by atoms with van der Waals surface area (Å²) in [5.74, 6) is 0.479. The molecule has 1 aromatic rings. The maximum atomic E-state index is 8.90. The van der Waals surface area contributed by atoms with Gasteiger partial charge in [0.2, 0.25) is 0 Å². The lowest BCUT2D eigenvalue weighted by Crippen LogP contribution is -2.22. The Morgan fingerprint density at radius 2 is 1.92 bits per heavy atom. The molecule has 2 nitrogen and oxygen atoms in total. The fourth-order valence-electron chi connectivity index (χ4n) is 1.67. The summed E-state index contributed by atoms with van der Waals surface area (Å²) in [6.45, 7) is 0. The predicted octanol–water partition coefficient (Wildman–Crippen LogP) is 2.67. The number of nitrogens with zero attached hydrogens (tertiary/aromatic N) is 1. The second-order valence-electron chi connectivity index (χ2n) is 3.48. The van der Waals surface area contributed by atoms with Crippen molar-refractivity contribution in [3.8, 4) is 0 Å². The SMILES string of the molecule is O/N=C(/c1ccccc1)C1CCC1. The van der Waals surface area contributed by atoms with Crippen LogP contribution in [-0.4, -0.2) is 10.9 Å². The maximum Gasteiger partial charge on any atom is 0.0898 e. The zero-order valence-corrected chi connectivity index (χ0v) is 7.48. The van der Waals surface area contributed by atoms with Crippen molar-refractivity contribution in [2.24, 2.45) is 11.1 Å². The summed E-state index contributed by atoms with van der Waals surface area (Å²) in [7, 11) is 0. The Balaban J connectivity index is 2.22. The van der Waals surface area contributed by atoms with Gasteiger partial charge in [-0.1, -0.05) is 41.9 Å². The largest absolute Gasteiger partial charge is 0.411 e. The van der Waals surface area contributed by atoms with Gasteiger partial charge < -0.3 is 5.21 Å². The van der Waals surface area contributed by atoms with Gasteiger partial charge >= 0.3 is 0 Å². The number of hydrogen-bond donors (Lipinski definition) is 1. The van der Waals surface area contributed by atoms with E-state index in [1.807, 2.05) is 30.3 Å². The third-order valence-electron chi connectivity index (χ3n) is 2.67. The summed E-state index contributed by atoms with van der Waals surface area (Å²) in [5.41, 5.74) is 1.90. The van der Waals surface area contributed by atoms with E-state index in [2.05, 4.69) is 5.16 Å². The molecule has 1 aliphatic carbocycles. The van der Waals surface area contributed by atoms with Crippen molar-refractivity contribution in [2.45, 2.75) is 19.3 Å². The van der Waals surface area contributed by atoms with Gasteiger partial charge in [-0.3, -0.25) is 0 Å². The Kier molecular flexibility index (Phi) is 2.30. The van der Waals surface area contributed by atoms with Crippen molar-refractivity contribution in [1.82, 2.24) is 0 Å². The van der Waals surface area contributed by atoms with Gasteiger partial charge in [0.05, 0.1) is 5.71 Å². The maximum absolute atomic E-state index is 8.90. The Bertz CT molecular complexity index is 301. The van der Waals surface area contributed by atoms with Crippen LogP contribution in [0.5, 0.6) is 0 Å². The smallest absolute Gasteiger partial charge is 0.0898 e. The van der Waals surface area contributed by atoms with E-state index in [9.17, 15) is 0 Å². The molecule has 2 rings (SSSR count). The van der Waals surface area contributed by atoms with Crippen LogP contribution in [0.4, 0.5) is 0 Å². The van der Waals surface area contributed by atoms with Crippen molar-refractivity contribution in [3.05, 3.63) is 35.9 Å². The van der Waals surface area contributed by atoms with Crippen LogP contribution in [0.15, 0.2) is 35.5 Å². The van der Waals surface area contributed by atoms with E-state index in [0.717, 1.165) is 24.1 Å². The first-order chi connectivity index (χ1) is 6.42. The molecule has 13 heavy (non-hydrogen) atoms. The molecule has 0 atom stereocenters. The zero-order chi connectivity index (χ0) is 9.10. The molecule has 1 saturated carbocycles. The van der Waals surface area contributed by atoms with Gasteiger partial charge in [0, 0.05) is 5.92 Å². The third kappa shape index (κ3) is 1.57. The van der Waals surface area contributed by atoms with E-state index in [0.29, 0.717) is 5.92 Å². The van der Waals surface area contributed by atoms with Crippen LogP contribution in [0.2, 0.25) is 0 Å². The molecule has 68 valence electrons. The van der Waals surface area contributed by atoms with Gasteiger partial charge in [-0.15, -0.1) is 0 Å². The van der Waals surface area contributed by atoms with Crippen LogP contribution in [-0.2, 0) is 0 Å². The molecule has 0 bridgehead atoms. The minimum absolute atomic E-state index is 0.479. The Hall–Kier alpha value is -1.31. The van der Waals surface area contributed by atoms with E-state index < -0.39 is 0 Å². The molecule has 1 fully saturated rings. The minimum atomic E-state index is 0.479. The zero-order valence-electron chi connectivity index (χ0n) is 7.48. The van der Waals surface area contributed by atoms with Gasteiger partial charge in [-0.05, 0) is 18.4 Å². The average Bonchev–Trinajstić information content (AvgIpc) is 2.12. The van der Waals surface area contributed by atoms with E-state index in [-0.39, 0.29) is 0 Å². The highest BCUT2D eigenvalue weighted by Gasteiger charge is 2.24. The first-order valence-electron chi connectivity index (χ1n) is 4.69. The molecule has 0 heterocycles. The summed E-state index contributed by atoms with van der Waals surface area (Å²) < 4.78 is 0. The molecule has 0 spiro atoms. The van der Waals surface area contributed by atoms with Crippen LogP contribution in [0.3, 0.4) is 0 Å². The van der Waals surface area contributed by atoms with E-state index in [1.54, 1.807) is 0 Å². The first-order valence-corrected chi connectivity index (χ1v) is 4.69. The van der Waals surface area contributed by atoms with Gasteiger partial charge in [0.15, 0.2) is 0 Å². The first kappa shape index (κ1) is 8.30. The predicted molar refractivity (Wildman–Crippen MR) is 52.1 cm³/mol. The fourth-order valence-corrected chi connectivity index (χ4v) is 1.67. The van der Waals surface area contributed by atoms with Gasteiger partial charge in [0.1, 0.15) is 0 Å². The number of oxime groups is 1. The normalized spacial score (nSPS) is 18.3. The highest BCUT2D eigenvalue weighted by atomic mass is 16.4. The molecule has 1 aliphatic rings. The quantitative estimate of drug-likeness (QED) is 0.418. The van der Waals surface area contributed by atoms with Crippen molar-refractivity contribution in [3.63, 3.8) is 0 Å². The summed E-state index contributed by atoms with van der Waals surface area (Å²) in [6, 6.07) is 9.90. The van der Waals surface area contributed by atoms with Crippen molar-refractivity contribution >= 4 is 5.71 Å². The molecule has 0 amide bonds. The molecule has 1 N–H and O–H groups in total. The second-order valence-corrected chi connectivity index (χ2v) is 3.48. The molecule has 0 aromatic heterocycles. The lowest BCUT2D eigenvalue weighted by atomic mass is 9.79. The average molecular weight is 175 g/mol. The summed E-state index contributed by atoms with van der Waals surface area (Å²) in [4.78, 5) is 0. The molecule has 0 aliphatic heterocycles. The van der Waals surface area contributed by atoms with Gasteiger partial charge in [-0.25, -0.2) is 0 Å². The fraction of sp³-hybridized carbons (Fsp3) is 0.364. The number of benzene rings is 1. The lowest BCUT2D eigenvalue weighted by molar-refractivity contribution is 0.306. The van der Waals surface area contributed by atoms with E-state index in [1.165, 1.54) is 6.42 Å². The molecule has 1 aromatic carbocycles. The summed E-state index contributed by atoms with van der Waals surface area (Å²) >= 11 is 0. The molecule has 0 unspecified atom stereocenters. The van der Waals surface area contributed by atoms with Crippen LogP contribution in [0.1, 0.15) is 24.8 Å². The van der Waals surface area contributed by atoms with E-state index in [4.69, 9.17) is 5.21 Å². The Morgan fingerprint density at radius 3 is 2.38 bits per heavy atom. The molecule has 2 heteroatoms. The topological polar surface area (TPSA) is 32.6 Å². The van der Waals surface area contributed by atoms with Crippen molar-refractivity contribution in [1.29, 1.82) is 0 Å². The van der Waals surface area contributed by atoms with Crippen molar-refractivity contribution in [2.75, 3.05) is 0 Å². The van der Waals surface area contributed by atoms with Crippen LogP contribution < -0.4 is 0 Å². The van der Waals surface area contributed by atoms with Gasteiger partial charge in [0.25, 0.3) is 0 Å². The summed E-state index contributed by atoms with van der Waals surface area (Å²) in [6.07, 6.45) is 3.58. The van der Waals surface area contributed by atoms with Crippen LogP contribution in [0, 0.1) is 5.92 Å². The monoisotopic (exact) mass is 175 g/mol. The van der Waals surface area contributed by atoms with Gasteiger partial charge in [-0.2, -0.15) is 0 Å². The lowest BCUT2D eigenvalue weighted by Gasteiger charge is -2.25. The second kappa shape index (κ2) is 3.60. The molecule has 0 saturated heterocycles. The third-order valence-corrected chi connectivity index (χ3v) is 2.67. The molecule has 0 radical (unpaired) electrons. The van der Waals surface area contributed by atoms with Crippen LogP contribution in [0.25, 0.3) is 0 Å². The van der Waals surface area contributed by atoms with Crippen molar-refractivity contribution < 1.29 is 5.21 Å². The highest BCUT2D eigenvalue weighted by Crippen LogP contribution is 2.30. The van der Waals surface area contributed by atoms with Crippen LogP contribution >= 0.6 is 0 Å². The highest BCUT2D eigenvalue weighted by molar-refractivity contribution is 6.02. The number of rotatable bonds is 2. The summed E-state index contributed by atoms with van der Waals surface area (Å²) in [5, 5.41) is 12.3. The Labute approximate surface area is 77.9 Å². The molecular weight excluding hydrogens is 162 g/mol. The minimum Gasteiger partial charge on any atom is -0.411 e. The molecular formula is C11H13NO. The Morgan fingerprint density at radius 1 is 1.23 bits per heavy atom. The number of hydrogen-bond acceptors (Lipinski definition) is 2.